The van der Waals surface area contributed by atoms with Crippen LogP contribution in [-0.2, 0) is 0 Å². The van der Waals surface area contributed by atoms with E-state index in [-0.39, 0.29) is 0 Å². The Balaban J connectivity index is 2.20. The highest BCUT2D eigenvalue weighted by molar-refractivity contribution is 7.80. The second-order valence-electron chi connectivity index (χ2n) is 4.11. The molecule has 2 N–H and O–H groups in total. The molecule has 0 aromatic carbocycles. The van der Waals surface area contributed by atoms with Crippen LogP contribution in [0.15, 0.2) is 0 Å². The topological polar surface area (TPSA) is 24.1 Å². The van der Waals surface area contributed by atoms with Crippen LogP contribution in [0, 0.1) is 0 Å². The SMILES string of the molecule is CCC(CC)NC(=S)NC1CCCC1. The molecule has 14 heavy (non-hydrogen) atoms. The average Bonchev–Trinajstić information content (AvgIpc) is 2.66. The van der Waals surface area contributed by atoms with Gasteiger partial charge in [0.1, 0.15) is 0 Å². The van der Waals surface area contributed by atoms with Gasteiger partial charge >= 0.3 is 0 Å². The molecule has 0 saturated heterocycles. The summed E-state index contributed by atoms with van der Waals surface area (Å²) in [5.74, 6) is 0. The third-order valence-electron chi connectivity index (χ3n) is 3.01. The highest BCUT2D eigenvalue weighted by atomic mass is 32.1. The fraction of sp³-hybridized carbons (Fsp3) is 0.909. The smallest absolute Gasteiger partial charge is 0.166 e. The van der Waals surface area contributed by atoms with E-state index in [0.29, 0.717) is 12.1 Å². The largest absolute Gasteiger partial charge is 0.360 e. The summed E-state index contributed by atoms with van der Waals surface area (Å²) in [5.41, 5.74) is 0. The van der Waals surface area contributed by atoms with Gasteiger partial charge in [-0.25, -0.2) is 0 Å². The molecule has 1 fully saturated rings. The van der Waals surface area contributed by atoms with E-state index in [4.69, 9.17) is 12.2 Å². The van der Waals surface area contributed by atoms with Gasteiger partial charge in [-0.1, -0.05) is 26.7 Å². The molecule has 1 rings (SSSR count). The van der Waals surface area contributed by atoms with Crippen LogP contribution in [0.4, 0.5) is 0 Å². The Kier molecular flexibility index (Phi) is 5.23. The zero-order valence-electron chi connectivity index (χ0n) is 9.31. The lowest BCUT2D eigenvalue weighted by Gasteiger charge is -2.20. The first-order valence-electron chi connectivity index (χ1n) is 5.83. The first kappa shape index (κ1) is 11.8. The van der Waals surface area contributed by atoms with Gasteiger partial charge in [0.05, 0.1) is 0 Å². The molecule has 0 unspecified atom stereocenters. The number of nitrogens with one attached hydrogen (secondary N) is 2. The van der Waals surface area contributed by atoms with Gasteiger partial charge in [-0.2, -0.15) is 0 Å². The molecule has 1 saturated carbocycles. The van der Waals surface area contributed by atoms with E-state index in [1.54, 1.807) is 0 Å². The van der Waals surface area contributed by atoms with Crippen molar-refractivity contribution in [2.75, 3.05) is 0 Å². The molecule has 0 aliphatic heterocycles. The van der Waals surface area contributed by atoms with Gasteiger partial charge in [-0.3, -0.25) is 0 Å². The first-order valence-corrected chi connectivity index (χ1v) is 6.24. The van der Waals surface area contributed by atoms with Crippen LogP contribution in [0.1, 0.15) is 52.4 Å². The van der Waals surface area contributed by atoms with Crippen LogP contribution in [0.25, 0.3) is 0 Å². The molecule has 82 valence electrons. The Bertz CT molecular complexity index is 166. The molecule has 3 heteroatoms. The van der Waals surface area contributed by atoms with Gasteiger partial charge in [0, 0.05) is 12.1 Å². The van der Waals surface area contributed by atoms with E-state index in [1.165, 1.54) is 25.7 Å². The first-order chi connectivity index (χ1) is 6.76. The van der Waals surface area contributed by atoms with Crippen molar-refractivity contribution in [2.45, 2.75) is 64.5 Å². The second kappa shape index (κ2) is 6.23. The fourth-order valence-corrected chi connectivity index (χ4v) is 2.31. The maximum absolute atomic E-state index is 5.28. The Hall–Kier alpha value is -0.310. The molecule has 0 radical (unpaired) electrons. The molecule has 1 aliphatic carbocycles. The van der Waals surface area contributed by atoms with Crippen LogP contribution in [0.2, 0.25) is 0 Å². The predicted octanol–water partition coefficient (Wildman–Crippen LogP) is 2.58. The molecule has 0 spiro atoms. The third kappa shape index (κ3) is 3.82. The Morgan fingerprint density at radius 1 is 1.29 bits per heavy atom. The van der Waals surface area contributed by atoms with E-state index in [2.05, 4.69) is 24.5 Å². The van der Waals surface area contributed by atoms with Gasteiger partial charge in [0.2, 0.25) is 0 Å². The van der Waals surface area contributed by atoms with Gasteiger partial charge in [0.15, 0.2) is 5.11 Å². The van der Waals surface area contributed by atoms with Crippen molar-refractivity contribution in [2.24, 2.45) is 0 Å². The zero-order chi connectivity index (χ0) is 10.4. The molecule has 2 nitrogen and oxygen atoms in total. The minimum Gasteiger partial charge on any atom is -0.360 e. The quantitative estimate of drug-likeness (QED) is 0.703. The van der Waals surface area contributed by atoms with Crippen LogP contribution >= 0.6 is 12.2 Å². The molecule has 0 aromatic heterocycles. The van der Waals surface area contributed by atoms with Gasteiger partial charge < -0.3 is 10.6 Å². The molecule has 0 aromatic rings. The summed E-state index contributed by atoms with van der Waals surface area (Å²) in [5, 5.41) is 7.61. The molecule has 0 bridgehead atoms. The van der Waals surface area contributed by atoms with Gasteiger partial charge in [0.25, 0.3) is 0 Å². The van der Waals surface area contributed by atoms with Crippen molar-refractivity contribution in [1.82, 2.24) is 10.6 Å². The lowest BCUT2D eigenvalue weighted by atomic mass is 10.2. The highest BCUT2D eigenvalue weighted by Gasteiger charge is 2.16. The highest BCUT2D eigenvalue weighted by Crippen LogP contribution is 2.17. The normalized spacial score (nSPS) is 17.4. The van der Waals surface area contributed by atoms with Crippen molar-refractivity contribution in [3.8, 4) is 0 Å². The number of thiocarbonyl (C=S) groups is 1. The Morgan fingerprint density at radius 3 is 2.36 bits per heavy atom. The van der Waals surface area contributed by atoms with Crippen molar-refractivity contribution in [3.05, 3.63) is 0 Å². The number of hydrogen-bond acceptors (Lipinski definition) is 1. The summed E-state index contributed by atoms with van der Waals surface area (Å²) in [6, 6.07) is 1.17. The van der Waals surface area contributed by atoms with Crippen molar-refractivity contribution < 1.29 is 0 Å². The summed E-state index contributed by atoms with van der Waals surface area (Å²) in [7, 11) is 0. The summed E-state index contributed by atoms with van der Waals surface area (Å²) in [6.45, 7) is 4.39. The summed E-state index contributed by atoms with van der Waals surface area (Å²) >= 11 is 5.28. The zero-order valence-corrected chi connectivity index (χ0v) is 10.1. The predicted molar refractivity (Wildman–Crippen MR) is 65.5 cm³/mol. The van der Waals surface area contributed by atoms with E-state index >= 15 is 0 Å². The van der Waals surface area contributed by atoms with E-state index in [9.17, 15) is 0 Å². The Labute approximate surface area is 92.8 Å². The van der Waals surface area contributed by atoms with Crippen LogP contribution < -0.4 is 10.6 Å². The van der Waals surface area contributed by atoms with Crippen molar-refractivity contribution in [3.63, 3.8) is 0 Å². The molecule has 0 atom stereocenters. The summed E-state index contributed by atoms with van der Waals surface area (Å²) < 4.78 is 0. The fourth-order valence-electron chi connectivity index (χ4n) is 1.98. The molecule has 0 heterocycles. The maximum atomic E-state index is 5.28. The standard InChI is InChI=1S/C11H22N2S/c1-3-9(4-2)12-11(14)13-10-7-5-6-8-10/h9-10H,3-8H2,1-2H3,(H2,12,13,14). The Morgan fingerprint density at radius 2 is 1.86 bits per heavy atom. The number of rotatable bonds is 4. The molecule has 0 amide bonds. The molecular formula is C11H22N2S. The van der Waals surface area contributed by atoms with Gasteiger partial charge in [-0.05, 0) is 37.9 Å². The monoisotopic (exact) mass is 214 g/mol. The van der Waals surface area contributed by atoms with Gasteiger partial charge in [-0.15, -0.1) is 0 Å². The van der Waals surface area contributed by atoms with Crippen molar-refractivity contribution >= 4 is 17.3 Å². The van der Waals surface area contributed by atoms with Crippen molar-refractivity contribution in [1.29, 1.82) is 0 Å². The van der Waals surface area contributed by atoms with E-state index in [0.717, 1.165) is 18.0 Å². The maximum Gasteiger partial charge on any atom is 0.166 e. The summed E-state index contributed by atoms with van der Waals surface area (Å²) in [4.78, 5) is 0. The van der Waals surface area contributed by atoms with Crippen LogP contribution in [0.3, 0.4) is 0 Å². The minimum absolute atomic E-state index is 0.538. The number of hydrogen-bond donors (Lipinski definition) is 2. The third-order valence-corrected chi connectivity index (χ3v) is 3.25. The molecule has 1 aliphatic rings. The minimum atomic E-state index is 0.538. The van der Waals surface area contributed by atoms with Crippen LogP contribution in [0.5, 0.6) is 0 Å². The van der Waals surface area contributed by atoms with E-state index in [1.807, 2.05) is 0 Å². The lowest BCUT2D eigenvalue weighted by Crippen LogP contribution is -2.44. The van der Waals surface area contributed by atoms with E-state index < -0.39 is 0 Å². The second-order valence-corrected chi connectivity index (χ2v) is 4.52. The summed E-state index contributed by atoms with van der Waals surface area (Å²) in [6.07, 6.45) is 7.55. The molecular weight excluding hydrogens is 192 g/mol. The van der Waals surface area contributed by atoms with Crippen LogP contribution in [-0.4, -0.2) is 17.2 Å². The average molecular weight is 214 g/mol. The lowest BCUT2D eigenvalue weighted by molar-refractivity contribution is 0.547.